The largest absolute Gasteiger partial charge is 0.495 e. The number of carbonyl (C=O) groups is 1. The summed E-state index contributed by atoms with van der Waals surface area (Å²) in [5, 5.41) is 16.2. The fourth-order valence-electron chi connectivity index (χ4n) is 2.59. The van der Waals surface area contributed by atoms with E-state index >= 15 is 0 Å². The van der Waals surface area contributed by atoms with Crippen LogP contribution >= 0.6 is 23.4 Å². The highest BCUT2D eigenvalue weighted by Gasteiger charge is 2.17. The van der Waals surface area contributed by atoms with Gasteiger partial charge in [0.25, 0.3) is 5.95 Å². The van der Waals surface area contributed by atoms with Crippen LogP contribution in [0.15, 0.2) is 23.4 Å². The van der Waals surface area contributed by atoms with Crippen LogP contribution in [-0.4, -0.2) is 43.4 Å². The molecular formula is C17H20ClN7O2S. The third-order valence-electron chi connectivity index (χ3n) is 3.93. The van der Waals surface area contributed by atoms with Crippen LogP contribution in [0, 0.1) is 20.8 Å². The molecule has 0 spiro atoms. The summed E-state index contributed by atoms with van der Waals surface area (Å²) in [7, 11) is 1.52. The predicted octanol–water partition coefficient (Wildman–Crippen LogP) is 2.50. The summed E-state index contributed by atoms with van der Waals surface area (Å²) in [6.07, 6.45) is 0. The number of amides is 1. The van der Waals surface area contributed by atoms with Gasteiger partial charge in [0.1, 0.15) is 5.75 Å². The number of hydrogen-bond acceptors (Lipinski definition) is 7. The zero-order valence-corrected chi connectivity index (χ0v) is 17.4. The van der Waals surface area contributed by atoms with Gasteiger partial charge in [-0.15, -0.1) is 10.2 Å². The maximum Gasteiger partial charge on any atom is 0.271 e. The Kier molecular flexibility index (Phi) is 5.80. The van der Waals surface area contributed by atoms with E-state index in [1.807, 2.05) is 26.8 Å². The Balaban J connectivity index is 1.69. The monoisotopic (exact) mass is 421 g/mol. The second-order valence-electron chi connectivity index (χ2n) is 6.13. The fraction of sp³-hybridized carbons (Fsp3) is 0.294. The standard InChI is InChI=1S/C17H20ClN7O2S/c1-9-5-13(14(27-4)7-12(9)18)20-15(26)8-28-17-22-21-16(24(17)19)25-11(3)6-10(2)23-25/h5-7H,8,19H2,1-4H3,(H,20,26). The summed E-state index contributed by atoms with van der Waals surface area (Å²) in [6.45, 7) is 5.63. The SMILES string of the molecule is COc1cc(Cl)c(C)cc1NC(=O)CSc1nnc(-n2nc(C)cc2C)n1N. The van der Waals surface area contributed by atoms with Crippen molar-refractivity contribution >= 4 is 35.0 Å². The van der Waals surface area contributed by atoms with Crippen molar-refractivity contribution in [2.75, 3.05) is 24.0 Å². The molecule has 0 saturated heterocycles. The summed E-state index contributed by atoms with van der Waals surface area (Å²) in [5.74, 6) is 6.80. The molecule has 0 radical (unpaired) electrons. The number of ether oxygens (including phenoxy) is 1. The molecule has 3 N–H and O–H groups in total. The van der Waals surface area contributed by atoms with Gasteiger partial charge in [-0.25, -0.2) is 9.36 Å². The molecule has 28 heavy (non-hydrogen) atoms. The number of methoxy groups -OCH3 is 1. The third kappa shape index (κ3) is 4.07. The van der Waals surface area contributed by atoms with E-state index < -0.39 is 0 Å². The van der Waals surface area contributed by atoms with Crippen molar-refractivity contribution in [3.8, 4) is 11.7 Å². The van der Waals surface area contributed by atoms with Crippen LogP contribution in [0.2, 0.25) is 5.02 Å². The lowest BCUT2D eigenvalue weighted by Gasteiger charge is -2.12. The number of rotatable bonds is 6. The number of carbonyl (C=O) groups excluding carboxylic acids is 1. The van der Waals surface area contributed by atoms with E-state index in [0.717, 1.165) is 17.0 Å². The molecule has 1 amide bonds. The number of benzene rings is 1. The maximum absolute atomic E-state index is 12.4. The second kappa shape index (κ2) is 8.11. The number of nitrogens with one attached hydrogen (secondary N) is 1. The van der Waals surface area contributed by atoms with E-state index in [1.165, 1.54) is 23.5 Å². The van der Waals surface area contributed by atoms with Crippen molar-refractivity contribution in [3.05, 3.63) is 40.2 Å². The van der Waals surface area contributed by atoms with Crippen molar-refractivity contribution < 1.29 is 9.53 Å². The smallest absolute Gasteiger partial charge is 0.271 e. The molecule has 0 unspecified atom stereocenters. The first-order chi connectivity index (χ1) is 13.3. The molecule has 0 bridgehead atoms. The van der Waals surface area contributed by atoms with Crippen LogP contribution in [0.1, 0.15) is 17.0 Å². The number of thioether (sulfide) groups is 1. The van der Waals surface area contributed by atoms with Gasteiger partial charge < -0.3 is 15.9 Å². The first-order valence-corrected chi connectivity index (χ1v) is 9.67. The second-order valence-corrected chi connectivity index (χ2v) is 7.48. The first-order valence-electron chi connectivity index (χ1n) is 8.31. The molecule has 0 aliphatic rings. The van der Waals surface area contributed by atoms with Gasteiger partial charge in [-0.1, -0.05) is 23.4 Å². The molecule has 3 aromatic rings. The maximum atomic E-state index is 12.4. The summed E-state index contributed by atoms with van der Waals surface area (Å²) in [6, 6.07) is 5.34. The van der Waals surface area contributed by atoms with Crippen molar-refractivity contribution in [1.82, 2.24) is 24.7 Å². The lowest BCUT2D eigenvalue weighted by molar-refractivity contribution is -0.113. The lowest BCUT2D eigenvalue weighted by Crippen LogP contribution is -2.19. The molecule has 0 aliphatic heterocycles. The molecule has 0 fully saturated rings. The van der Waals surface area contributed by atoms with Crippen molar-refractivity contribution in [3.63, 3.8) is 0 Å². The predicted molar refractivity (Wildman–Crippen MR) is 109 cm³/mol. The highest BCUT2D eigenvalue weighted by molar-refractivity contribution is 7.99. The van der Waals surface area contributed by atoms with Crippen molar-refractivity contribution in [2.24, 2.45) is 0 Å². The van der Waals surface area contributed by atoms with E-state index in [-0.39, 0.29) is 11.7 Å². The van der Waals surface area contributed by atoms with Crippen molar-refractivity contribution in [1.29, 1.82) is 0 Å². The first kappa shape index (κ1) is 20.0. The number of halogens is 1. The molecule has 0 saturated carbocycles. The Hall–Kier alpha value is -2.72. The molecular weight excluding hydrogens is 402 g/mol. The molecule has 11 heteroatoms. The van der Waals surface area contributed by atoms with Crippen LogP contribution in [0.3, 0.4) is 0 Å². The van der Waals surface area contributed by atoms with Crippen LogP contribution in [-0.2, 0) is 4.79 Å². The Morgan fingerprint density at radius 1 is 1.29 bits per heavy atom. The average molecular weight is 422 g/mol. The zero-order chi connectivity index (χ0) is 20.4. The lowest BCUT2D eigenvalue weighted by atomic mass is 10.2. The Morgan fingerprint density at radius 2 is 2.04 bits per heavy atom. The Morgan fingerprint density at radius 3 is 2.68 bits per heavy atom. The number of hydrogen-bond donors (Lipinski definition) is 2. The van der Waals surface area contributed by atoms with Crippen LogP contribution in [0.25, 0.3) is 5.95 Å². The van der Waals surface area contributed by atoms with Gasteiger partial charge in [0.15, 0.2) is 0 Å². The number of anilines is 1. The van der Waals surface area contributed by atoms with E-state index in [1.54, 1.807) is 16.8 Å². The fourth-order valence-corrected chi connectivity index (χ4v) is 3.40. The number of nitrogens with zero attached hydrogens (tertiary/aromatic N) is 5. The zero-order valence-electron chi connectivity index (χ0n) is 15.9. The van der Waals surface area contributed by atoms with Crippen LogP contribution in [0.5, 0.6) is 5.75 Å². The summed E-state index contributed by atoms with van der Waals surface area (Å²) >= 11 is 7.26. The molecule has 0 aliphatic carbocycles. The molecule has 0 atom stereocenters. The number of nitrogen functional groups attached to an aromatic ring is 1. The highest BCUT2D eigenvalue weighted by atomic mass is 35.5. The van der Waals surface area contributed by atoms with Crippen LogP contribution < -0.4 is 15.9 Å². The average Bonchev–Trinajstić information content (AvgIpc) is 3.17. The summed E-state index contributed by atoms with van der Waals surface area (Å²) < 4.78 is 8.18. The number of aromatic nitrogens is 5. The van der Waals surface area contributed by atoms with Gasteiger partial charge in [-0.2, -0.15) is 5.10 Å². The van der Waals surface area contributed by atoms with Gasteiger partial charge >= 0.3 is 0 Å². The molecule has 148 valence electrons. The van der Waals surface area contributed by atoms with Crippen LogP contribution in [0.4, 0.5) is 5.69 Å². The van der Waals surface area contributed by atoms with Gasteiger partial charge in [-0.05, 0) is 38.5 Å². The summed E-state index contributed by atoms with van der Waals surface area (Å²) in [4.78, 5) is 12.4. The minimum atomic E-state index is -0.235. The van der Waals surface area contributed by atoms with Gasteiger partial charge in [0.2, 0.25) is 11.1 Å². The molecule has 1 aromatic carbocycles. The van der Waals surface area contributed by atoms with Crippen molar-refractivity contribution in [2.45, 2.75) is 25.9 Å². The Labute approximate surface area is 171 Å². The van der Waals surface area contributed by atoms with Gasteiger partial charge in [0, 0.05) is 16.8 Å². The normalized spacial score (nSPS) is 10.9. The summed E-state index contributed by atoms with van der Waals surface area (Å²) in [5.41, 5.74) is 3.12. The highest BCUT2D eigenvalue weighted by Crippen LogP contribution is 2.31. The quantitative estimate of drug-likeness (QED) is 0.464. The van der Waals surface area contributed by atoms with E-state index in [4.69, 9.17) is 22.2 Å². The minimum Gasteiger partial charge on any atom is -0.495 e. The Bertz CT molecular complexity index is 1030. The topological polar surface area (TPSA) is 113 Å². The van der Waals surface area contributed by atoms with Gasteiger partial charge in [-0.3, -0.25) is 4.79 Å². The molecule has 2 heterocycles. The van der Waals surface area contributed by atoms with E-state index in [9.17, 15) is 4.79 Å². The van der Waals surface area contributed by atoms with Gasteiger partial charge in [0.05, 0.1) is 24.2 Å². The number of nitrogens with two attached hydrogens (primary N) is 1. The molecule has 2 aromatic heterocycles. The third-order valence-corrected chi connectivity index (χ3v) is 5.28. The molecule has 3 rings (SSSR count). The molecule has 9 nitrogen and oxygen atoms in total. The van der Waals surface area contributed by atoms with E-state index in [0.29, 0.717) is 27.6 Å². The van der Waals surface area contributed by atoms with E-state index in [2.05, 4.69) is 20.6 Å². The number of aryl methyl sites for hydroxylation is 3. The minimum absolute atomic E-state index is 0.0945.